The van der Waals surface area contributed by atoms with Crippen LogP contribution in [0.3, 0.4) is 0 Å². The number of primary amides is 1. The molecule has 9 heteroatoms. The van der Waals surface area contributed by atoms with Crippen LogP contribution in [0.2, 0.25) is 0 Å². The van der Waals surface area contributed by atoms with E-state index in [0.29, 0.717) is 34.4 Å². The molecule has 0 bridgehead atoms. The summed E-state index contributed by atoms with van der Waals surface area (Å²) in [7, 11) is 0. The Hall–Kier alpha value is -5.07. The Morgan fingerprint density at radius 3 is 2.40 bits per heavy atom. The van der Waals surface area contributed by atoms with Crippen LogP contribution in [0.1, 0.15) is 57.7 Å². The maximum Gasteiger partial charge on any atom is 0.255 e. The van der Waals surface area contributed by atoms with E-state index in [1.165, 1.54) is 0 Å². The number of amides is 3. The van der Waals surface area contributed by atoms with E-state index in [0.717, 1.165) is 16.5 Å². The van der Waals surface area contributed by atoms with Gasteiger partial charge in [-0.25, -0.2) is 0 Å². The molecular weight excluding hydrogens is 532 g/mol. The van der Waals surface area contributed by atoms with Crippen LogP contribution in [0.25, 0.3) is 10.9 Å². The second-order valence-corrected chi connectivity index (χ2v) is 10.1. The van der Waals surface area contributed by atoms with Crippen molar-refractivity contribution in [2.24, 2.45) is 5.73 Å². The van der Waals surface area contributed by atoms with Gasteiger partial charge in [0.2, 0.25) is 5.91 Å². The first kappa shape index (κ1) is 29.9. The van der Waals surface area contributed by atoms with Crippen LogP contribution in [0.15, 0.2) is 72.9 Å². The fourth-order valence-corrected chi connectivity index (χ4v) is 4.38. The number of nitrogens with one attached hydrogen (secondary N) is 3. The molecule has 4 rings (SSSR count). The molecule has 0 saturated heterocycles. The Morgan fingerprint density at radius 1 is 0.976 bits per heavy atom. The second-order valence-electron chi connectivity index (χ2n) is 10.1. The van der Waals surface area contributed by atoms with Crippen LogP contribution in [-0.4, -0.2) is 53.1 Å². The molecule has 42 heavy (non-hydrogen) atoms. The third-order valence-electron chi connectivity index (χ3n) is 6.44. The van der Waals surface area contributed by atoms with Gasteiger partial charge in [0, 0.05) is 46.8 Å². The van der Waals surface area contributed by atoms with Crippen LogP contribution in [0, 0.1) is 11.8 Å². The van der Waals surface area contributed by atoms with Gasteiger partial charge in [-0.1, -0.05) is 30.0 Å². The number of carbonyl (C=O) groups excluding carboxylic acids is 3. The topological polar surface area (TPSA) is 147 Å². The Kier molecular flexibility index (Phi) is 9.98. The standard InChI is InChI=1S/C33H34N4O5/c1-21(2)42-30-14-11-23(8-7-22-9-12-24(13-10-22)32(40)35-16-15-31(34)39)17-28(30)33(41)37-26(20-38)18-25-19-36-29-6-4-3-5-27(25)29/h3-6,9-14,17,19,21,26,36,38H,15-16,18,20H2,1-2H3,(H2,34,39)(H,35,40)(H,37,41)/t26-/m1/s1. The van der Waals surface area contributed by atoms with E-state index < -0.39 is 11.9 Å². The number of aliphatic hydroxyl groups is 1. The number of benzene rings is 3. The molecule has 0 aliphatic carbocycles. The van der Waals surface area contributed by atoms with Gasteiger partial charge in [0.05, 0.1) is 24.3 Å². The molecule has 0 radical (unpaired) electrons. The van der Waals surface area contributed by atoms with Gasteiger partial charge < -0.3 is 31.2 Å². The monoisotopic (exact) mass is 566 g/mol. The van der Waals surface area contributed by atoms with E-state index in [1.807, 2.05) is 44.3 Å². The normalized spacial score (nSPS) is 11.4. The number of ether oxygens (including phenoxy) is 1. The van der Waals surface area contributed by atoms with Crippen molar-refractivity contribution in [1.82, 2.24) is 15.6 Å². The molecule has 0 aliphatic rings. The zero-order valence-corrected chi connectivity index (χ0v) is 23.6. The van der Waals surface area contributed by atoms with Gasteiger partial charge in [0.1, 0.15) is 5.75 Å². The lowest BCUT2D eigenvalue weighted by Gasteiger charge is -2.19. The maximum absolute atomic E-state index is 13.4. The Morgan fingerprint density at radius 2 is 1.69 bits per heavy atom. The third-order valence-corrected chi connectivity index (χ3v) is 6.44. The third kappa shape index (κ3) is 7.99. The number of rotatable bonds is 11. The number of fused-ring (bicyclic) bond motifs is 1. The highest BCUT2D eigenvalue weighted by atomic mass is 16.5. The van der Waals surface area contributed by atoms with Crippen LogP contribution in [0.4, 0.5) is 0 Å². The highest BCUT2D eigenvalue weighted by Crippen LogP contribution is 2.23. The maximum atomic E-state index is 13.4. The van der Waals surface area contributed by atoms with Gasteiger partial charge in [-0.05, 0) is 74.4 Å². The molecule has 9 nitrogen and oxygen atoms in total. The molecule has 1 heterocycles. The minimum atomic E-state index is -0.509. The van der Waals surface area contributed by atoms with Gasteiger partial charge in [0.25, 0.3) is 11.8 Å². The van der Waals surface area contributed by atoms with E-state index in [4.69, 9.17) is 10.5 Å². The van der Waals surface area contributed by atoms with Crippen LogP contribution in [-0.2, 0) is 11.2 Å². The molecule has 216 valence electrons. The van der Waals surface area contributed by atoms with Crippen molar-refractivity contribution in [3.8, 4) is 17.6 Å². The summed E-state index contributed by atoms with van der Waals surface area (Å²) in [6, 6.07) is 19.3. The predicted molar refractivity (Wildman–Crippen MR) is 161 cm³/mol. The van der Waals surface area contributed by atoms with Crippen molar-refractivity contribution in [3.05, 3.63) is 101 Å². The number of nitrogens with two attached hydrogens (primary N) is 1. The first-order valence-corrected chi connectivity index (χ1v) is 13.7. The number of hydrogen-bond donors (Lipinski definition) is 5. The Balaban J connectivity index is 1.49. The lowest BCUT2D eigenvalue weighted by atomic mass is 10.0. The minimum Gasteiger partial charge on any atom is -0.490 e. The number of aliphatic hydroxyl groups excluding tert-OH is 1. The van der Waals surface area contributed by atoms with Crippen LogP contribution < -0.4 is 21.1 Å². The average molecular weight is 567 g/mol. The number of H-pyrrole nitrogens is 1. The molecule has 0 aliphatic heterocycles. The van der Waals surface area contributed by atoms with E-state index in [2.05, 4.69) is 27.5 Å². The minimum absolute atomic E-state index is 0.0705. The van der Waals surface area contributed by atoms with Gasteiger partial charge in [0.15, 0.2) is 0 Å². The van der Waals surface area contributed by atoms with Gasteiger partial charge in [-0.3, -0.25) is 14.4 Å². The number of carbonyl (C=O) groups is 3. The smallest absolute Gasteiger partial charge is 0.255 e. The van der Waals surface area contributed by atoms with Gasteiger partial charge in [-0.2, -0.15) is 0 Å². The molecular formula is C33H34N4O5. The van der Waals surface area contributed by atoms with E-state index in [1.54, 1.807) is 42.5 Å². The first-order valence-electron chi connectivity index (χ1n) is 13.7. The van der Waals surface area contributed by atoms with Crippen molar-refractivity contribution in [2.45, 2.75) is 38.8 Å². The number of para-hydroxylation sites is 1. The summed E-state index contributed by atoms with van der Waals surface area (Å²) < 4.78 is 5.90. The lowest BCUT2D eigenvalue weighted by Crippen LogP contribution is -2.39. The Bertz CT molecular complexity index is 1630. The van der Waals surface area contributed by atoms with E-state index >= 15 is 0 Å². The summed E-state index contributed by atoms with van der Waals surface area (Å²) in [5.41, 5.74) is 9.11. The lowest BCUT2D eigenvalue weighted by molar-refractivity contribution is -0.117. The number of hydrogen-bond acceptors (Lipinski definition) is 5. The zero-order chi connectivity index (χ0) is 30.1. The molecule has 1 atom stereocenters. The van der Waals surface area contributed by atoms with Gasteiger partial charge in [-0.15, -0.1) is 0 Å². The highest BCUT2D eigenvalue weighted by Gasteiger charge is 2.19. The fraction of sp³-hybridized carbons (Fsp3) is 0.242. The molecule has 0 fully saturated rings. The number of aromatic nitrogens is 1. The molecule has 6 N–H and O–H groups in total. The molecule has 0 spiro atoms. The summed E-state index contributed by atoms with van der Waals surface area (Å²) in [5.74, 6) is 5.37. The van der Waals surface area contributed by atoms with Crippen molar-refractivity contribution in [1.29, 1.82) is 0 Å². The molecule has 4 aromatic rings. The van der Waals surface area contributed by atoms with E-state index in [-0.39, 0.29) is 37.5 Å². The predicted octanol–water partition coefficient (Wildman–Crippen LogP) is 3.29. The SMILES string of the molecule is CC(C)Oc1ccc(C#Cc2ccc(C(=O)NCCC(N)=O)cc2)cc1C(=O)N[C@@H](CO)Cc1c[nH]c2ccccc12. The molecule has 0 saturated carbocycles. The van der Waals surface area contributed by atoms with Crippen LogP contribution in [0.5, 0.6) is 5.75 Å². The molecule has 3 aromatic carbocycles. The second kappa shape index (κ2) is 14.0. The quantitative estimate of drug-likeness (QED) is 0.177. The van der Waals surface area contributed by atoms with Crippen LogP contribution >= 0.6 is 0 Å². The molecule has 3 amide bonds. The summed E-state index contributed by atoms with van der Waals surface area (Å²) in [6.07, 6.45) is 2.26. The summed E-state index contributed by atoms with van der Waals surface area (Å²) >= 11 is 0. The molecule has 1 aromatic heterocycles. The van der Waals surface area contributed by atoms with Crippen molar-refractivity contribution < 1.29 is 24.2 Å². The largest absolute Gasteiger partial charge is 0.490 e. The summed E-state index contributed by atoms with van der Waals surface area (Å²) in [5, 5.41) is 16.7. The van der Waals surface area contributed by atoms with Gasteiger partial charge >= 0.3 is 0 Å². The van der Waals surface area contributed by atoms with Crippen molar-refractivity contribution in [3.63, 3.8) is 0 Å². The summed E-state index contributed by atoms with van der Waals surface area (Å²) in [4.78, 5) is 39.7. The Labute approximate surface area is 244 Å². The summed E-state index contributed by atoms with van der Waals surface area (Å²) in [6.45, 7) is 3.70. The van der Waals surface area contributed by atoms with E-state index in [9.17, 15) is 19.5 Å². The fourth-order valence-electron chi connectivity index (χ4n) is 4.38. The molecule has 0 unspecified atom stereocenters. The first-order chi connectivity index (χ1) is 20.2. The number of aromatic amines is 1. The highest BCUT2D eigenvalue weighted by molar-refractivity contribution is 5.97. The van der Waals surface area contributed by atoms with Crippen molar-refractivity contribution >= 4 is 28.6 Å². The zero-order valence-electron chi connectivity index (χ0n) is 23.6. The van der Waals surface area contributed by atoms with Crippen molar-refractivity contribution in [2.75, 3.05) is 13.2 Å². The average Bonchev–Trinajstić information content (AvgIpc) is 3.38.